The number of ether oxygens (including phenoxy) is 1. The van der Waals surface area contributed by atoms with Gasteiger partial charge in [0.15, 0.2) is 0 Å². The maximum absolute atomic E-state index is 12.6. The smallest absolute Gasteiger partial charge is 0.338 e. The molecule has 7 nitrogen and oxygen atoms in total. The van der Waals surface area contributed by atoms with Gasteiger partial charge in [-0.1, -0.05) is 6.07 Å². The number of aromatic nitrogens is 2. The monoisotopic (exact) mass is 337 g/mol. The van der Waals surface area contributed by atoms with Crippen molar-refractivity contribution >= 4 is 21.7 Å². The van der Waals surface area contributed by atoms with Crippen molar-refractivity contribution < 1.29 is 17.9 Å². The molecule has 8 heteroatoms. The molecule has 0 spiro atoms. The zero-order chi connectivity index (χ0) is 17.2. The number of methoxy groups -OCH3 is 1. The van der Waals surface area contributed by atoms with Crippen LogP contribution in [-0.2, 0) is 14.8 Å². The molecule has 2 rings (SSSR count). The summed E-state index contributed by atoms with van der Waals surface area (Å²) in [5.41, 5.74) is 0.915. The molecule has 1 aromatic carbocycles. The van der Waals surface area contributed by atoms with Gasteiger partial charge in [0, 0.05) is 12.2 Å². The molecule has 124 valence electrons. The zero-order valence-corrected chi connectivity index (χ0v) is 14.2. The van der Waals surface area contributed by atoms with E-state index < -0.39 is 16.0 Å². The Hall–Kier alpha value is -2.35. The van der Waals surface area contributed by atoms with Crippen LogP contribution < -0.4 is 4.72 Å². The number of nitrogens with one attached hydrogen (secondary N) is 1. The van der Waals surface area contributed by atoms with Gasteiger partial charge in [-0.25, -0.2) is 13.2 Å². The molecule has 23 heavy (non-hydrogen) atoms. The van der Waals surface area contributed by atoms with E-state index in [1.807, 2.05) is 13.8 Å². The fourth-order valence-electron chi connectivity index (χ4n) is 2.12. The number of hydrogen-bond acceptors (Lipinski definition) is 5. The van der Waals surface area contributed by atoms with Crippen molar-refractivity contribution in [1.29, 1.82) is 0 Å². The largest absolute Gasteiger partial charge is 0.465 e. The third-order valence-electron chi connectivity index (χ3n) is 3.36. The van der Waals surface area contributed by atoms with Gasteiger partial charge in [-0.2, -0.15) is 5.10 Å². The predicted molar refractivity (Wildman–Crippen MR) is 85.9 cm³/mol. The lowest BCUT2D eigenvalue weighted by atomic mass is 10.1. The number of nitrogens with zero attached hydrogens (tertiary/aromatic N) is 2. The molecule has 0 aliphatic rings. The lowest BCUT2D eigenvalue weighted by Gasteiger charge is -2.11. The highest BCUT2D eigenvalue weighted by Gasteiger charge is 2.22. The number of sulfonamides is 1. The highest BCUT2D eigenvalue weighted by molar-refractivity contribution is 7.92. The third-order valence-corrected chi connectivity index (χ3v) is 4.89. The number of esters is 1. The van der Waals surface area contributed by atoms with E-state index in [0.29, 0.717) is 11.3 Å². The SMILES string of the molecule is COC(=O)c1cccc(S(=O)(=O)Nc2cnn(C(C)C)c2)c1C. The van der Waals surface area contributed by atoms with Crippen LogP contribution in [0.1, 0.15) is 35.8 Å². The van der Waals surface area contributed by atoms with Gasteiger partial charge < -0.3 is 4.74 Å². The summed E-state index contributed by atoms with van der Waals surface area (Å²) in [7, 11) is -2.58. The van der Waals surface area contributed by atoms with Gasteiger partial charge >= 0.3 is 5.97 Å². The highest BCUT2D eigenvalue weighted by atomic mass is 32.2. The molecule has 2 aromatic rings. The second kappa shape index (κ2) is 6.41. The second-order valence-corrected chi connectivity index (χ2v) is 6.98. The number of rotatable bonds is 5. The van der Waals surface area contributed by atoms with Gasteiger partial charge in [0.05, 0.1) is 29.5 Å². The maximum atomic E-state index is 12.6. The van der Waals surface area contributed by atoms with Gasteiger partial charge in [0.25, 0.3) is 10.0 Å². The first-order chi connectivity index (χ1) is 10.8. The van der Waals surface area contributed by atoms with E-state index in [2.05, 4.69) is 14.6 Å². The standard InChI is InChI=1S/C15H19N3O4S/c1-10(2)18-9-12(8-16-18)17-23(20,21)14-7-5-6-13(11(14)3)15(19)22-4/h5-10,17H,1-4H3. The zero-order valence-electron chi connectivity index (χ0n) is 13.4. The molecular formula is C15H19N3O4S. The third kappa shape index (κ3) is 3.53. The van der Waals surface area contributed by atoms with E-state index >= 15 is 0 Å². The lowest BCUT2D eigenvalue weighted by molar-refractivity contribution is 0.0599. The Balaban J connectivity index is 2.38. The molecule has 0 fully saturated rings. The summed E-state index contributed by atoms with van der Waals surface area (Å²) in [6.07, 6.45) is 3.05. The van der Waals surface area contributed by atoms with E-state index in [-0.39, 0.29) is 16.5 Å². The van der Waals surface area contributed by atoms with E-state index in [4.69, 9.17) is 0 Å². The van der Waals surface area contributed by atoms with E-state index in [9.17, 15) is 13.2 Å². The molecule has 0 aliphatic heterocycles. The first kappa shape index (κ1) is 17.0. The highest BCUT2D eigenvalue weighted by Crippen LogP contribution is 2.22. The number of benzene rings is 1. The quantitative estimate of drug-likeness (QED) is 0.846. The van der Waals surface area contributed by atoms with Gasteiger partial charge in [0.1, 0.15) is 0 Å². The average molecular weight is 337 g/mol. The molecule has 0 aliphatic carbocycles. The Labute approximate surface area is 135 Å². The van der Waals surface area contributed by atoms with Gasteiger partial charge in [-0.3, -0.25) is 9.40 Å². The van der Waals surface area contributed by atoms with E-state index in [0.717, 1.165) is 0 Å². The lowest BCUT2D eigenvalue weighted by Crippen LogP contribution is -2.16. The van der Waals surface area contributed by atoms with Crippen molar-refractivity contribution in [2.75, 3.05) is 11.8 Å². The normalized spacial score (nSPS) is 11.5. The number of anilines is 1. The second-order valence-electron chi connectivity index (χ2n) is 5.33. The van der Waals surface area contributed by atoms with Crippen LogP contribution in [0.2, 0.25) is 0 Å². The van der Waals surface area contributed by atoms with Crippen LogP contribution in [0.5, 0.6) is 0 Å². The van der Waals surface area contributed by atoms with Crippen molar-refractivity contribution in [1.82, 2.24) is 9.78 Å². The average Bonchev–Trinajstić information content (AvgIpc) is 2.94. The fraction of sp³-hybridized carbons (Fsp3) is 0.333. The minimum Gasteiger partial charge on any atom is -0.465 e. The first-order valence-corrected chi connectivity index (χ1v) is 8.49. The molecule has 0 atom stereocenters. The van der Waals surface area contributed by atoms with Crippen LogP contribution in [0.4, 0.5) is 5.69 Å². The summed E-state index contributed by atoms with van der Waals surface area (Å²) >= 11 is 0. The van der Waals surface area contributed by atoms with E-state index in [1.165, 1.54) is 31.5 Å². The van der Waals surface area contributed by atoms with Gasteiger partial charge in [0.2, 0.25) is 0 Å². The molecule has 0 bridgehead atoms. The number of carbonyl (C=O) groups excluding carboxylic acids is 1. The maximum Gasteiger partial charge on any atom is 0.338 e. The minimum absolute atomic E-state index is 0.0256. The summed E-state index contributed by atoms with van der Waals surface area (Å²) in [5.74, 6) is -0.577. The van der Waals surface area contributed by atoms with Gasteiger partial charge in [-0.15, -0.1) is 0 Å². The van der Waals surface area contributed by atoms with Crippen LogP contribution >= 0.6 is 0 Å². The van der Waals surface area contributed by atoms with Crippen LogP contribution in [0, 0.1) is 6.92 Å². The Morgan fingerprint density at radius 3 is 2.61 bits per heavy atom. The topological polar surface area (TPSA) is 90.3 Å². The Morgan fingerprint density at radius 1 is 1.35 bits per heavy atom. The van der Waals surface area contributed by atoms with Crippen molar-refractivity contribution in [2.24, 2.45) is 0 Å². The summed E-state index contributed by atoms with van der Waals surface area (Å²) < 4.78 is 33.9. The summed E-state index contributed by atoms with van der Waals surface area (Å²) in [5, 5.41) is 4.09. The molecule has 1 heterocycles. The van der Waals surface area contributed by atoms with Crippen molar-refractivity contribution in [3.05, 3.63) is 41.7 Å². The molecule has 0 amide bonds. The van der Waals surface area contributed by atoms with Crippen molar-refractivity contribution in [2.45, 2.75) is 31.7 Å². The number of carbonyl (C=O) groups is 1. The predicted octanol–water partition coefficient (Wildman–Crippen LogP) is 2.36. The Kier molecular flexibility index (Phi) is 4.74. The number of hydrogen-bond donors (Lipinski definition) is 1. The molecule has 1 aromatic heterocycles. The van der Waals surface area contributed by atoms with Crippen LogP contribution in [-0.4, -0.2) is 31.3 Å². The van der Waals surface area contributed by atoms with Crippen LogP contribution in [0.3, 0.4) is 0 Å². The summed E-state index contributed by atoms with van der Waals surface area (Å²) in [6.45, 7) is 5.45. The van der Waals surface area contributed by atoms with Crippen molar-refractivity contribution in [3.63, 3.8) is 0 Å². The summed E-state index contributed by atoms with van der Waals surface area (Å²) in [4.78, 5) is 11.7. The van der Waals surface area contributed by atoms with Crippen LogP contribution in [0.25, 0.3) is 0 Å². The molecule has 0 saturated carbocycles. The van der Waals surface area contributed by atoms with Crippen LogP contribution in [0.15, 0.2) is 35.5 Å². The Bertz CT molecular complexity index is 825. The molecular weight excluding hydrogens is 318 g/mol. The molecule has 0 saturated heterocycles. The molecule has 0 radical (unpaired) electrons. The van der Waals surface area contributed by atoms with Gasteiger partial charge in [-0.05, 0) is 38.5 Å². The molecule has 0 unspecified atom stereocenters. The first-order valence-electron chi connectivity index (χ1n) is 7.01. The van der Waals surface area contributed by atoms with Crippen molar-refractivity contribution in [3.8, 4) is 0 Å². The van der Waals surface area contributed by atoms with E-state index in [1.54, 1.807) is 17.8 Å². The molecule has 1 N–H and O–H groups in total. The Morgan fingerprint density at radius 2 is 2.04 bits per heavy atom. The minimum atomic E-state index is -3.83. The summed E-state index contributed by atoms with van der Waals surface area (Å²) in [6, 6.07) is 4.59. The fourth-order valence-corrected chi connectivity index (χ4v) is 3.42.